The SMILES string of the molecule is Cc1cc(C(=O)N2CCC(c3nc(C)no3)CC2)c2nc3n(c2n1)CCCCC3. The number of aromatic nitrogens is 5. The lowest BCUT2D eigenvalue weighted by molar-refractivity contribution is 0.0706. The molecular formula is C21H26N6O2. The van der Waals surface area contributed by atoms with Crippen LogP contribution in [0.3, 0.4) is 0 Å². The molecular weight excluding hydrogens is 368 g/mol. The highest BCUT2D eigenvalue weighted by Gasteiger charge is 2.30. The summed E-state index contributed by atoms with van der Waals surface area (Å²) in [6.45, 7) is 6.08. The van der Waals surface area contributed by atoms with Gasteiger partial charge in [-0.3, -0.25) is 4.79 Å². The standard InChI is InChI=1S/C21H26N6O2/c1-13-12-16(18-19(22-13)27-9-5-3-4-6-17(27)24-18)21(28)26-10-7-15(8-11-26)20-23-14(2)25-29-20/h12,15H,3-11H2,1-2H3. The second-order valence-corrected chi connectivity index (χ2v) is 8.22. The van der Waals surface area contributed by atoms with Crippen LogP contribution in [-0.4, -0.2) is 48.6 Å². The largest absolute Gasteiger partial charge is 0.339 e. The highest BCUT2D eigenvalue weighted by molar-refractivity contribution is 6.04. The van der Waals surface area contributed by atoms with Gasteiger partial charge < -0.3 is 14.0 Å². The first-order chi connectivity index (χ1) is 14.1. The molecule has 3 aromatic heterocycles. The third-order valence-electron chi connectivity index (χ3n) is 6.10. The normalized spacial score (nSPS) is 18.1. The molecule has 8 nitrogen and oxygen atoms in total. The second kappa shape index (κ2) is 7.24. The van der Waals surface area contributed by atoms with Crippen LogP contribution in [0.5, 0.6) is 0 Å². The molecule has 3 aromatic rings. The van der Waals surface area contributed by atoms with E-state index < -0.39 is 0 Å². The van der Waals surface area contributed by atoms with Crippen LogP contribution in [-0.2, 0) is 13.0 Å². The number of hydrogen-bond acceptors (Lipinski definition) is 6. The minimum absolute atomic E-state index is 0.0499. The topological polar surface area (TPSA) is 89.9 Å². The molecule has 2 aliphatic heterocycles. The van der Waals surface area contributed by atoms with E-state index in [4.69, 9.17) is 14.5 Å². The quantitative estimate of drug-likeness (QED) is 0.663. The zero-order valence-electron chi connectivity index (χ0n) is 17.0. The molecule has 0 saturated carbocycles. The summed E-state index contributed by atoms with van der Waals surface area (Å²) in [5, 5.41) is 3.89. The Morgan fingerprint density at radius 2 is 1.90 bits per heavy atom. The molecule has 5 heterocycles. The second-order valence-electron chi connectivity index (χ2n) is 8.22. The van der Waals surface area contributed by atoms with Crippen LogP contribution < -0.4 is 0 Å². The van der Waals surface area contributed by atoms with Crippen LogP contribution in [0, 0.1) is 13.8 Å². The van der Waals surface area contributed by atoms with E-state index in [-0.39, 0.29) is 11.8 Å². The molecule has 0 unspecified atom stereocenters. The monoisotopic (exact) mass is 394 g/mol. The van der Waals surface area contributed by atoms with Gasteiger partial charge >= 0.3 is 0 Å². The Balaban J connectivity index is 1.41. The number of nitrogens with zero attached hydrogens (tertiary/aromatic N) is 6. The number of fused-ring (bicyclic) bond motifs is 3. The van der Waals surface area contributed by atoms with Gasteiger partial charge in [0.15, 0.2) is 11.5 Å². The van der Waals surface area contributed by atoms with Crippen LogP contribution in [0.2, 0.25) is 0 Å². The van der Waals surface area contributed by atoms with Crippen LogP contribution in [0.4, 0.5) is 0 Å². The molecule has 2 aliphatic rings. The highest BCUT2D eigenvalue weighted by Crippen LogP contribution is 2.29. The molecule has 0 atom stereocenters. The third kappa shape index (κ3) is 3.30. The van der Waals surface area contributed by atoms with E-state index in [2.05, 4.69) is 14.7 Å². The lowest BCUT2D eigenvalue weighted by atomic mass is 9.96. The Hall–Kier alpha value is -2.77. The Bertz CT molecular complexity index is 1060. The first kappa shape index (κ1) is 18.3. The van der Waals surface area contributed by atoms with Crippen molar-refractivity contribution in [3.63, 3.8) is 0 Å². The highest BCUT2D eigenvalue weighted by atomic mass is 16.5. The van der Waals surface area contributed by atoms with Crippen molar-refractivity contribution in [2.75, 3.05) is 13.1 Å². The van der Waals surface area contributed by atoms with E-state index in [0.717, 1.165) is 61.3 Å². The summed E-state index contributed by atoms with van der Waals surface area (Å²) in [6, 6.07) is 1.89. The van der Waals surface area contributed by atoms with Gasteiger partial charge in [0.2, 0.25) is 5.89 Å². The molecule has 1 fully saturated rings. The summed E-state index contributed by atoms with van der Waals surface area (Å²) in [4.78, 5) is 29.3. The molecule has 1 amide bonds. The fourth-order valence-electron chi connectivity index (χ4n) is 4.56. The average molecular weight is 394 g/mol. The first-order valence-electron chi connectivity index (χ1n) is 10.6. The number of pyridine rings is 1. The minimum Gasteiger partial charge on any atom is -0.339 e. The maximum absolute atomic E-state index is 13.4. The van der Waals surface area contributed by atoms with Gasteiger partial charge in [-0.05, 0) is 45.6 Å². The van der Waals surface area contributed by atoms with Crippen molar-refractivity contribution in [3.8, 4) is 0 Å². The molecule has 5 rings (SSSR count). The molecule has 0 aliphatic carbocycles. The van der Waals surface area contributed by atoms with Crippen molar-refractivity contribution in [3.05, 3.63) is 34.9 Å². The average Bonchev–Trinajstić information content (AvgIpc) is 3.22. The Kier molecular flexibility index (Phi) is 4.56. The van der Waals surface area contributed by atoms with Crippen LogP contribution in [0.1, 0.15) is 71.6 Å². The first-order valence-corrected chi connectivity index (χ1v) is 10.6. The molecule has 0 N–H and O–H groups in total. The summed E-state index contributed by atoms with van der Waals surface area (Å²) >= 11 is 0. The fourth-order valence-corrected chi connectivity index (χ4v) is 4.56. The van der Waals surface area contributed by atoms with Crippen LogP contribution in [0.15, 0.2) is 10.6 Å². The zero-order chi connectivity index (χ0) is 20.0. The van der Waals surface area contributed by atoms with Crippen molar-refractivity contribution in [1.29, 1.82) is 0 Å². The molecule has 0 bridgehead atoms. The maximum atomic E-state index is 13.4. The summed E-state index contributed by atoms with van der Waals surface area (Å²) in [7, 11) is 0. The number of likely N-dealkylation sites (tertiary alicyclic amines) is 1. The van der Waals surface area contributed by atoms with Crippen LogP contribution >= 0.6 is 0 Å². The van der Waals surface area contributed by atoms with Gasteiger partial charge in [-0.25, -0.2) is 9.97 Å². The van der Waals surface area contributed by atoms with E-state index in [1.165, 1.54) is 6.42 Å². The number of hydrogen-bond donors (Lipinski definition) is 0. The van der Waals surface area contributed by atoms with Crippen molar-refractivity contribution < 1.29 is 9.32 Å². The Morgan fingerprint density at radius 1 is 1.07 bits per heavy atom. The molecule has 0 radical (unpaired) electrons. The lowest BCUT2D eigenvalue weighted by Gasteiger charge is -2.30. The molecule has 8 heteroatoms. The van der Waals surface area contributed by atoms with Crippen molar-refractivity contribution in [2.45, 2.75) is 64.8 Å². The Morgan fingerprint density at radius 3 is 2.66 bits per heavy atom. The lowest BCUT2D eigenvalue weighted by Crippen LogP contribution is -2.38. The van der Waals surface area contributed by atoms with Crippen molar-refractivity contribution in [1.82, 2.24) is 29.6 Å². The molecule has 0 aromatic carbocycles. The van der Waals surface area contributed by atoms with Crippen LogP contribution in [0.25, 0.3) is 11.2 Å². The molecule has 1 saturated heterocycles. The summed E-state index contributed by atoms with van der Waals surface area (Å²) in [5.41, 5.74) is 3.16. The number of carbonyl (C=O) groups excluding carboxylic acids is 1. The van der Waals surface area contributed by atoms with Gasteiger partial charge in [-0.1, -0.05) is 11.6 Å². The van der Waals surface area contributed by atoms with E-state index in [1.54, 1.807) is 0 Å². The van der Waals surface area contributed by atoms with E-state index in [9.17, 15) is 4.79 Å². The van der Waals surface area contributed by atoms with Crippen molar-refractivity contribution in [2.24, 2.45) is 0 Å². The maximum Gasteiger partial charge on any atom is 0.256 e. The molecule has 0 spiro atoms. The number of rotatable bonds is 2. The molecule has 152 valence electrons. The predicted octanol–water partition coefficient (Wildman–Crippen LogP) is 3.18. The summed E-state index contributed by atoms with van der Waals surface area (Å²) < 4.78 is 7.55. The van der Waals surface area contributed by atoms with Gasteiger partial charge in [0, 0.05) is 37.7 Å². The van der Waals surface area contributed by atoms with Gasteiger partial charge in [0.05, 0.1) is 5.56 Å². The van der Waals surface area contributed by atoms with E-state index in [0.29, 0.717) is 30.4 Å². The Labute approximate surface area is 169 Å². The van der Waals surface area contributed by atoms with Gasteiger partial charge in [-0.2, -0.15) is 4.98 Å². The number of piperidine rings is 1. The summed E-state index contributed by atoms with van der Waals surface area (Å²) in [5.74, 6) is 2.69. The number of aryl methyl sites for hydroxylation is 4. The van der Waals surface area contributed by atoms with Gasteiger partial charge in [-0.15, -0.1) is 0 Å². The molecule has 29 heavy (non-hydrogen) atoms. The minimum atomic E-state index is 0.0499. The predicted molar refractivity (Wildman–Crippen MR) is 107 cm³/mol. The third-order valence-corrected chi connectivity index (χ3v) is 6.10. The number of carbonyl (C=O) groups is 1. The van der Waals surface area contributed by atoms with E-state index in [1.807, 2.05) is 24.8 Å². The van der Waals surface area contributed by atoms with Gasteiger partial charge in [0.1, 0.15) is 11.3 Å². The van der Waals surface area contributed by atoms with Crippen molar-refractivity contribution >= 4 is 17.1 Å². The van der Waals surface area contributed by atoms with Gasteiger partial charge in [0.25, 0.3) is 5.91 Å². The number of imidazole rings is 1. The number of amides is 1. The smallest absolute Gasteiger partial charge is 0.256 e. The van der Waals surface area contributed by atoms with E-state index >= 15 is 0 Å². The fraction of sp³-hybridized carbons (Fsp3) is 0.571. The summed E-state index contributed by atoms with van der Waals surface area (Å²) in [6.07, 6.45) is 6.13. The zero-order valence-corrected chi connectivity index (χ0v) is 17.0.